The molecule has 0 unspecified atom stereocenters. The van der Waals surface area contributed by atoms with Crippen LogP contribution in [0.4, 0.5) is 0 Å². The van der Waals surface area contributed by atoms with E-state index in [0.717, 1.165) is 0 Å². The van der Waals surface area contributed by atoms with Crippen molar-refractivity contribution in [2.45, 2.75) is 6.92 Å². The van der Waals surface area contributed by atoms with Gasteiger partial charge < -0.3 is 10.9 Å². The molecule has 0 heterocycles. The van der Waals surface area contributed by atoms with E-state index in [1.165, 1.54) is 13.2 Å². The second kappa shape index (κ2) is 27.4. The molecule has 0 aromatic heterocycles. The molecule has 0 aliphatic heterocycles. The monoisotopic (exact) mass is 243 g/mol. The second-order valence-corrected chi connectivity index (χ2v) is 0.204. The van der Waals surface area contributed by atoms with Gasteiger partial charge in [0.15, 0.2) is 0 Å². The third-order valence-corrected chi connectivity index (χ3v) is 0. The molecule has 0 bridgehead atoms. The van der Waals surface area contributed by atoms with Crippen LogP contribution in [0.1, 0.15) is 6.92 Å². The number of carbonyl (C=O) groups excluding carboxylic acids is 1. The minimum absolute atomic E-state index is 0. The van der Waals surface area contributed by atoms with E-state index in [-0.39, 0.29) is 27.2 Å². The van der Waals surface area contributed by atoms with E-state index in [1.807, 2.05) is 0 Å². The zero-order valence-electron chi connectivity index (χ0n) is 2.89. The van der Waals surface area contributed by atoms with Gasteiger partial charge in [0.2, 0.25) is 0 Å². The predicted molar refractivity (Wildman–Crippen MR) is 16.7 cm³/mol. The third-order valence-electron chi connectivity index (χ3n) is 0. The summed E-state index contributed by atoms with van der Waals surface area (Å²) in [6.45, 7) is 1.32. The maximum atomic E-state index is 8.68. The van der Waals surface area contributed by atoms with E-state index in [4.69, 9.17) is 4.79 Å². The van der Waals surface area contributed by atoms with Gasteiger partial charge in [0.1, 0.15) is 0 Å². The average Bonchev–Trinajstić information content (AvgIpc) is 0.918. The Balaban J connectivity index is -0.0000000200. The largest absolute Gasteiger partial charge is 2.00 e. The van der Waals surface area contributed by atoms with Crippen molar-refractivity contribution in [3.05, 3.63) is 6.15 Å². The summed E-state index contributed by atoms with van der Waals surface area (Å²) in [6, 6.07) is 0. The fourth-order valence-electron chi connectivity index (χ4n) is 0. The quantitative estimate of drug-likeness (QED) is 0.581. The summed E-state index contributed by atoms with van der Waals surface area (Å²) in [7, 11) is 0. The van der Waals surface area contributed by atoms with Crippen molar-refractivity contribution in [2.24, 2.45) is 0 Å². The van der Waals surface area contributed by atoms with Gasteiger partial charge in [-0.3, -0.25) is 6.29 Å². The fourth-order valence-corrected chi connectivity index (χ4v) is 0. The molecule has 0 aliphatic rings. The Morgan fingerprint density at radius 1 is 1.60 bits per heavy atom. The number of hydrogen-bond acceptors (Lipinski definition) is 1. The molecule has 2 N–H and O–H groups in total. The Labute approximate surface area is 45.8 Å². The Kier molecular flexibility index (Phi) is 101. The van der Waals surface area contributed by atoms with E-state index in [9.17, 15) is 0 Å². The zero-order valence-corrected chi connectivity index (χ0v) is 5.83. The summed E-state index contributed by atoms with van der Waals surface area (Å²) in [5.74, 6) is 0. The van der Waals surface area contributed by atoms with Crippen LogP contribution in [-0.2, 0) is 25.9 Å². The number of nitrogens with two attached hydrogens (primary N) is 1. The van der Waals surface area contributed by atoms with Crippen LogP contribution in [0.5, 0.6) is 0 Å². The van der Waals surface area contributed by atoms with Crippen LogP contribution in [0.25, 0.3) is 6.15 Å². The molecule has 0 saturated carbocycles. The number of hydrogen-bond donors (Lipinski definition) is 0. The molecular weight excluding hydrogens is 238 g/mol. The molecule has 0 spiro atoms. The van der Waals surface area contributed by atoms with E-state index < -0.39 is 0 Å². The van der Waals surface area contributed by atoms with Gasteiger partial charge in [0.25, 0.3) is 0 Å². The van der Waals surface area contributed by atoms with Crippen molar-refractivity contribution in [3.63, 3.8) is 0 Å². The molecule has 0 rings (SSSR count). The van der Waals surface area contributed by atoms with Crippen LogP contribution in [-0.4, -0.2) is 6.29 Å². The minimum Gasteiger partial charge on any atom is -0.693 e. The predicted octanol–water partition coefficient (Wildman–Crippen LogP) is 0.831. The molecule has 0 radical (unpaired) electrons. The van der Waals surface area contributed by atoms with E-state index in [1.54, 1.807) is 0 Å². The molecule has 0 atom stereocenters. The first-order chi connectivity index (χ1) is 1.41. The van der Waals surface area contributed by atoms with Crippen LogP contribution in [0.15, 0.2) is 0 Å². The molecule has 0 fully saturated rings. The van der Waals surface area contributed by atoms with Crippen LogP contribution in [0, 0.1) is 0 Å². The topological polar surface area (TPSA) is 50.6 Å². The first-order valence-electron chi connectivity index (χ1n) is 0.704. The van der Waals surface area contributed by atoms with Gasteiger partial charge >= 0.3 is 21.1 Å². The summed E-state index contributed by atoms with van der Waals surface area (Å²) < 4.78 is 0. The van der Waals surface area contributed by atoms with Crippen LogP contribution >= 0.6 is 0 Å². The Hall–Kier alpha value is 0.318. The molecule has 0 amide bonds. The van der Waals surface area contributed by atoms with E-state index in [0.29, 0.717) is 0 Å². The standard InChI is InChI=1S/C2H3O.H2N.W/c1-2-3;;/h1H3;1H2;/q2*-1;+2. The van der Waals surface area contributed by atoms with Crippen molar-refractivity contribution in [1.29, 1.82) is 0 Å². The summed E-state index contributed by atoms with van der Waals surface area (Å²) in [6.07, 6.45) is 1.50. The van der Waals surface area contributed by atoms with Crippen LogP contribution in [0.2, 0.25) is 0 Å². The van der Waals surface area contributed by atoms with Crippen molar-refractivity contribution in [1.82, 2.24) is 0 Å². The molecule has 3 heteroatoms. The Morgan fingerprint density at radius 2 is 1.60 bits per heavy atom. The molecule has 0 aliphatic carbocycles. The molecule has 0 aromatic rings. The van der Waals surface area contributed by atoms with E-state index >= 15 is 0 Å². The van der Waals surface area contributed by atoms with Gasteiger partial charge in [-0.1, -0.05) is 0 Å². The molecular formula is C2H5NOW. The van der Waals surface area contributed by atoms with Crippen molar-refractivity contribution in [3.8, 4) is 0 Å². The number of rotatable bonds is 0. The van der Waals surface area contributed by atoms with E-state index in [2.05, 4.69) is 0 Å². The molecule has 2 nitrogen and oxygen atoms in total. The summed E-state index contributed by atoms with van der Waals surface area (Å²) >= 11 is 0. The molecule has 30 valence electrons. The van der Waals surface area contributed by atoms with Gasteiger partial charge in [0, 0.05) is 0 Å². The maximum absolute atomic E-state index is 8.68. The normalized spacial score (nSPS) is 2.60. The van der Waals surface area contributed by atoms with Crippen LogP contribution in [0.3, 0.4) is 0 Å². The van der Waals surface area contributed by atoms with Gasteiger partial charge in [-0.05, 0) is 0 Å². The van der Waals surface area contributed by atoms with Gasteiger partial charge in [-0.2, -0.15) is 6.92 Å². The minimum atomic E-state index is 0. The van der Waals surface area contributed by atoms with Gasteiger partial charge in [-0.15, -0.1) is 0 Å². The molecule has 5 heavy (non-hydrogen) atoms. The Morgan fingerprint density at radius 3 is 1.60 bits per heavy atom. The van der Waals surface area contributed by atoms with Crippen molar-refractivity contribution in [2.75, 3.05) is 0 Å². The zero-order chi connectivity index (χ0) is 2.71. The third kappa shape index (κ3) is 229. The second-order valence-electron chi connectivity index (χ2n) is 0.204. The molecule has 0 aromatic carbocycles. The summed E-state index contributed by atoms with van der Waals surface area (Å²) in [5, 5.41) is 0. The summed E-state index contributed by atoms with van der Waals surface area (Å²) in [5.41, 5.74) is 0. The van der Waals surface area contributed by atoms with Crippen molar-refractivity contribution >= 4 is 6.29 Å². The fraction of sp³-hybridized carbons (Fsp3) is 0.500. The van der Waals surface area contributed by atoms with Gasteiger partial charge in [-0.25, -0.2) is 0 Å². The Bertz CT molecular complexity index is 17.1. The van der Waals surface area contributed by atoms with Crippen molar-refractivity contribution < 1.29 is 25.9 Å². The maximum Gasteiger partial charge on any atom is 2.00 e. The first kappa shape index (κ1) is 18.5. The average molecular weight is 243 g/mol. The van der Waals surface area contributed by atoms with Gasteiger partial charge in [0.05, 0.1) is 0 Å². The smallest absolute Gasteiger partial charge is 0.693 e. The van der Waals surface area contributed by atoms with Crippen LogP contribution < -0.4 is 0 Å². The first-order valence-corrected chi connectivity index (χ1v) is 0.704. The summed E-state index contributed by atoms with van der Waals surface area (Å²) in [4.78, 5) is 8.68. The molecule has 0 saturated heterocycles. The SMILES string of the molecule is C[C-]=O.[NH2-].[W+2].